The zero-order valence-corrected chi connectivity index (χ0v) is 14.3. The average molecular weight is 303 g/mol. The van der Waals surface area contributed by atoms with E-state index < -0.39 is 0 Å². The molecule has 2 unspecified atom stereocenters. The van der Waals surface area contributed by atoms with E-state index in [1.165, 1.54) is 19.3 Å². The van der Waals surface area contributed by atoms with Gasteiger partial charge in [0.25, 0.3) is 0 Å². The van der Waals surface area contributed by atoms with Crippen molar-refractivity contribution in [3.05, 3.63) is 23.8 Å². The summed E-state index contributed by atoms with van der Waals surface area (Å²) in [5, 5.41) is 17.0. The number of hydrazone groups is 1. The Balaban J connectivity index is 2.14. The van der Waals surface area contributed by atoms with Gasteiger partial charge in [0.1, 0.15) is 5.75 Å². The maximum atomic E-state index is 10.3. The molecule has 1 heterocycles. The summed E-state index contributed by atoms with van der Waals surface area (Å²) in [7, 11) is 0. The van der Waals surface area contributed by atoms with Gasteiger partial charge in [0.05, 0.1) is 6.21 Å². The lowest BCUT2D eigenvalue weighted by atomic mass is 10.00. The topological polar surface area (TPSA) is 39.1 Å². The van der Waals surface area contributed by atoms with Crippen LogP contribution in [0.5, 0.6) is 5.75 Å². The summed E-state index contributed by atoms with van der Waals surface area (Å²) in [6.45, 7) is 10.6. The Morgan fingerprint density at radius 3 is 2.41 bits per heavy atom. The summed E-state index contributed by atoms with van der Waals surface area (Å²) in [5.41, 5.74) is 1.83. The molecule has 2 atom stereocenters. The van der Waals surface area contributed by atoms with Crippen LogP contribution < -0.4 is 4.90 Å². The Kier molecular flexibility index (Phi) is 5.69. The molecule has 0 aliphatic carbocycles. The molecule has 1 fully saturated rings. The van der Waals surface area contributed by atoms with Crippen molar-refractivity contribution >= 4 is 11.9 Å². The van der Waals surface area contributed by atoms with Gasteiger partial charge in [-0.3, -0.25) is 5.01 Å². The number of aromatic hydroxyl groups is 1. The van der Waals surface area contributed by atoms with E-state index >= 15 is 0 Å². The lowest BCUT2D eigenvalue weighted by molar-refractivity contribution is 0.109. The molecule has 1 aromatic rings. The Morgan fingerprint density at radius 2 is 1.86 bits per heavy atom. The van der Waals surface area contributed by atoms with E-state index in [0.29, 0.717) is 17.8 Å². The van der Waals surface area contributed by atoms with Crippen molar-refractivity contribution in [3.63, 3.8) is 0 Å². The van der Waals surface area contributed by atoms with Crippen LogP contribution in [0.3, 0.4) is 0 Å². The van der Waals surface area contributed by atoms with Crippen molar-refractivity contribution < 1.29 is 5.11 Å². The standard InChI is InChI=1S/C18H29N3O/c1-5-20(6-2)17-11-10-16(18(22)12-17)13-19-21-14(3)8-7-9-15(21)4/h10-15,22H,5-9H2,1-4H3/b19-13+. The van der Waals surface area contributed by atoms with Gasteiger partial charge >= 0.3 is 0 Å². The zero-order valence-electron chi connectivity index (χ0n) is 14.3. The Hall–Kier alpha value is -1.71. The normalized spacial score (nSPS) is 22.3. The maximum absolute atomic E-state index is 10.3. The third-order valence-electron chi connectivity index (χ3n) is 4.62. The van der Waals surface area contributed by atoms with Crippen molar-refractivity contribution in [2.45, 2.75) is 59.0 Å². The molecule has 1 N–H and O–H groups in total. The van der Waals surface area contributed by atoms with Crippen LogP contribution in [0.4, 0.5) is 5.69 Å². The molecule has 1 aliphatic heterocycles. The maximum Gasteiger partial charge on any atom is 0.126 e. The summed E-state index contributed by atoms with van der Waals surface area (Å²) < 4.78 is 0. The lowest BCUT2D eigenvalue weighted by Gasteiger charge is -2.36. The van der Waals surface area contributed by atoms with E-state index in [1.54, 1.807) is 6.21 Å². The molecule has 0 spiro atoms. The first-order valence-electron chi connectivity index (χ1n) is 8.47. The van der Waals surface area contributed by atoms with Crippen LogP contribution in [0, 0.1) is 0 Å². The largest absolute Gasteiger partial charge is 0.507 e. The fourth-order valence-corrected chi connectivity index (χ4v) is 3.19. The van der Waals surface area contributed by atoms with Crippen molar-refractivity contribution in [1.82, 2.24) is 5.01 Å². The molecule has 0 bridgehead atoms. The van der Waals surface area contributed by atoms with E-state index in [-0.39, 0.29) is 0 Å². The minimum atomic E-state index is 0.297. The van der Waals surface area contributed by atoms with Crippen molar-refractivity contribution in [2.24, 2.45) is 5.10 Å². The first-order valence-corrected chi connectivity index (χ1v) is 8.47. The molecular formula is C18H29N3O. The van der Waals surface area contributed by atoms with Crippen LogP contribution in [0.1, 0.15) is 52.5 Å². The molecule has 4 nitrogen and oxygen atoms in total. The molecule has 0 saturated carbocycles. The van der Waals surface area contributed by atoms with Crippen LogP contribution in [0.25, 0.3) is 0 Å². The number of phenolic OH excluding ortho intramolecular Hbond substituents is 1. The highest BCUT2D eigenvalue weighted by molar-refractivity contribution is 5.84. The highest BCUT2D eigenvalue weighted by atomic mass is 16.3. The van der Waals surface area contributed by atoms with E-state index in [2.05, 4.69) is 48.8 Å². The molecule has 22 heavy (non-hydrogen) atoms. The molecular weight excluding hydrogens is 274 g/mol. The summed E-state index contributed by atoms with van der Waals surface area (Å²) in [4.78, 5) is 2.22. The Bertz CT molecular complexity index is 501. The van der Waals surface area contributed by atoms with Crippen molar-refractivity contribution in [2.75, 3.05) is 18.0 Å². The minimum absolute atomic E-state index is 0.297. The minimum Gasteiger partial charge on any atom is -0.507 e. The van der Waals surface area contributed by atoms with Crippen LogP contribution in [0.15, 0.2) is 23.3 Å². The first-order chi connectivity index (χ1) is 10.6. The second kappa shape index (κ2) is 7.52. The van der Waals surface area contributed by atoms with Crippen LogP contribution in [0.2, 0.25) is 0 Å². The second-order valence-electron chi connectivity index (χ2n) is 6.17. The number of hydrogen-bond acceptors (Lipinski definition) is 4. The number of nitrogens with zero attached hydrogens (tertiary/aromatic N) is 3. The van der Waals surface area contributed by atoms with Crippen molar-refractivity contribution in [3.8, 4) is 5.75 Å². The summed E-state index contributed by atoms with van der Waals surface area (Å²) >= 11 is 0. The quantitative estimate of drug-likeness (QED) is 0.840. The molecule has 0 amide bonds. The number of hydrogen-bond donors (Lipinski definition) is 1. The molecule has 0 radical (unpaired) electrons. The molecule has 0 aromatic heterocycles. The number of rotatable bonds is 5. The van der Waals surface area contributed by atoms with Gasteiger partial charge in [-0.1, -0.05) is 0 Å². The Morgan fingerprint density at radius 1 is 1.23 bits per heavy atom. The van der Waals surface area contributed by atoms with Crippen LogP contribution in [-0.4, -0.2) is 41.5 Å². The first kappa shape index (κ1) is 16.7. The Labute approximate surface area is 134 Å². The molecule has 1 aliphatic rings. The molecule has 1 saturated heterocycles. The van der Waals surface area contributed by atoms with Gasteiger partial charge in [-0.15, -0.1) is 0 Å². The van der Waals surface area contributed by atoms with Gasteiger partial charge < -0.3 is 10.0 Å². The fraction of sp³-hybridized carbons (Fsp3) is 0.611. The number of phenols is 1. The number of piperidine rings is 1. The van der Waals surface area contributed by atoms with Crippen LogP contribution >= 0.6 is 0 Å². The molecule has 122 valence electrons. The zero-order chi connectivity index (χ0) is 16.1. The van der Waals surface area contributed by atoms with E-state index in [1.807, 2.05) is 12.1 Å². The highest BCUT2D eigenvalue weighted by Gasteiger charge is 2.22. The number of anilines is 1. The second-order valence-corrected chi connectivity index (χ2v) is 6.17. The third kappa shape index (κ3) is 3.73. The van der Waals surface area contributed by atoms with E-state index in [0.717, 1.165) is 24.3 Å². The monoisotopic (exact) mass is 303 g/mol. The van der Waals surface area contributed by atoms with Gasteiger partial charge in [0.15, 0.2) is 0 Å². The predicted molar refractivity (Wildman–Crippen MR) is 93.9 cm³/mol. The smallest absolute Gasteiger partial charge is 0.126 e. The van der Waals surface area contributed by atoms with E-state index in [9.17, 15) is 5.11 Å². The van der Waals surface area contributed by atoms with Gasteiger partial charge in [-0.2, -0.15) is 5.10 Å². The highest BCUT2D eigenvalue weighted by Crippen LogP contribution is 2.25. The SMILES string of the molecule is CCN(CC)c1ccc(/C=N/N2C(C)CCCC2C)c(O)c1. The fourth-order valence-electron chi connectivity index (χ4n) is 3.19. The third-order valence-corrected chi connectivity index (χ3v) is 4.62. The molecule has 4 heteroatoms. The summed E-state index contributed by atoms with van der Waals surface area (Å²) in [6, 6.07) is 6.77. The van der Waals surface area contributed by atoms with E-state index in [4.69, 9.17) is 0 Å². The predicted octanol–water partition coefficient (Wildman–Crippen LogP) is 3.84. The van der Waals surface area contributed by atoms with Gasteiger partial charge in [0, 0.05) is 42.5 Å². The number of benzene rings is 1. The molecule has 2 rings (SSSR count). The lowest BCUT2D eigenvalue weighted by Crippen LogP contribution is -2.39. The van der Waals surface area contributed by atoms with Crippen LogP contribution in [-0.2, 0) is 0 Å². The van der Waals surface area contributed by atoms with Gasteiger partial charge in [-0.25, -0.2) is 0 Å². The van der Waals surface area contributed by atoms with Gasteiger partial charge in [0.2, 0.25) is 0 Å². The van der Waals surface area contributed by atoms with Crippen molar-refractivity contribution in [1.29, 1.82) is 0 Å². The summed E-state index contributed by atoms with van der Waals surface area (Å²) in [6.07, 6.45) is 5.45. The summed E-state index contributed by atoms with van der Waals surface area (Å²) in [5.74, 6) is 0.297. The van der Waals surface area contributed by atoms with Gasteiger partial charge in [-0.05, 0) is 59.1 Å². The average Bonchev–Trinajstić information content (AvgIpc) is 2.50. The molecule has 1 aromatic carbocycles.